The van der Waals surface area contributed by atoms with Crippen LogP contribution in [0.25, 0.3) is 0 Å². The van der Waals surface area contributed by atoms with Crippen LogP contribution >= 0.6 is 0 Å². The van der Waals surface area contributed by atoms with Crippen LogP contribution in [0.3, 0.4) is 0 Å². The number of aliphatic hydroxyl groups excluding tert-OH is 1. The highest BCUT2D eigenvalue weighted by Crippen LogP contribution is 2.28. The number of aliphatic hydroxyl groups is 1. The van der Waals surface area contributed by atoms with E-state index in [1.54, 1.807) is 0 Å². The van der Waals surface area contributed by atoms with Gasteiger partial charge in [0.2, 0.25) is 0 Å². The number of anilines is 1. The molecule has 1 saturated heterocycles. The van der Waals surface area contributed by atoms with E-state index in [0.29, 0.717) is 24.5 Å². The Balaban J connectivity index is 2.28. The van der Waals surface area contributed by atoms with Crippen LogP contribution in [-0.2, 0) is 6.42 Å². The molecule has 0 amide bonds. The van der Waals surface area contributed by atoms with E-state index < -0.39 is 0 Å². The summed E-state index contributed by atoms with van der Waals surface area (Å²) in [7, 11) is 0. The summed E-state index contributed by atoms with van der Waals surface area (Å²) in [6, 6.07) is 0.252. The summed E-state index contributed by atoms with van der Waals surface area (Å²) >= 11 is 0. The average molecular weight is 253 g/mol. The third-order valence-electron chi connectivity index (χ3n) is 3.69. The van der Waals surface area contributed by atoms with Gasteiger partial charge in [-0.05, 0) is 32.1 Å². The summed E-state index contributed by atoms with van der Waals surface area (Å²) in [5, 5.41) is 9.26. The summed E-state index contributed by atoms with van der Waals surface area (Å²) in [4.78, 5) is 10.0. The summed E-state index contributed by atoms with van der Waals surface area (Å²) in [5.74, 6) is 0.276. The number of aromatic nitrogens is 2. The number of rotatable bonds is 3. The molecule has 0 saturated carbocycles. The Labute approximate surface area is 107 Å². The van der Waals surface area contributed by atoms with E-state index in [-0.39, 0.29) is 24.4 Å². The molecule has 1 N–H and O–H groups in total. The Bertz CT molecular complexity index is 413. The van der Waals surface area contributed by atoms with Gasteiger partial charge in [-0.3, -0.25) is 0 Å². The van der Waals surface area contributed by atoms with Crippen molar-refractivity contribution in [1.29, 1.82) is 0 Å². The van der Waals surface area contributed by atoms with Crippen LogP contribution < -0.4 is 4.90 Å². The van der Waals surface area contributed by atoms with Crippen molar-refractivity contribution >= 4 is 5.82 Å². The van der Waals surface area contributed by atoms with Crippen LogP contribution in [0.5, 0.6) is 0 Å². The highest BCUT2D eigenvalue weighted by atomic mass is 19.1. The number of aryl methyl sites for hydroxylation is 1. The quantitative estimate of drug-likeness (QED) is 0.892. The Kier molecular flexibility index (Phi) is 4.11. The van der Waals surface area contributed by atoms with Gasteiger partial charge in [-0.15, -0.1) is 0 Å². The Morgan fingerprint density at radius 2 is 2.22 bits per heavy atom. The van der Waals surface area contributed by atoms with Crippen LogP contribution in [0.4, 0.5) is 10.2 Å². The summed E-state index contributed by atoms with van der Waals surface area (Å²) in [6.07, 6.45) is 3.93. The number of hydrogen-bond acceptors (Lipinski definition) is 4. The molecular formula is C13H20FN3O. The molecule has 0 bridgehead atoms. The van der Waals surface area contributed by atoms with Crippen molar-refractivity contribution in [3.8, 4) is 0 Å². The zero-order valence-electron chi connectivity index (χ0n) is 10.9. The minimum Gasteiger partial charge on any atom is -0.396 e. The second-order valence-electron chi connectivity index (χ2n) is 4.94. The van der Waals surface area contributed by atoms with Gasteiger partial charge < -0.3 is 10.0 Å². The molecule has 0 aromatic carbocycles. The molecule has 2 unspecified atom stereocenters. The van der Waals surface area contributed by atoms with Crippen molar-refractivity contribution in [1.82, 2.24) is 9.97 Å². The second-order valence-corrected chi connectivity index (χ2v) is 4.94. The lowest BCUT2D eigenvalue weighted by Gasteiger charge is -2.38. The van der Waals surface area contributed by atoms with Gasteiger partial charge in [0, 0.05) is 19.2 Å². The molecule has 0 aliphatic carbocycles. The van der Waals surface area contributed by atoms with E-state index in [9.17, 15) is 9.50 Å². The van der Waals surface area contributed by atoms with Crippen LogP contribution in [-0.4, -0.2) is 34.3 Å². The Morgan fingerprint density at radius 1 is 1.44 bits per heavy atom. The van der Waals surface area contributed by atoms with Crippen LogP contribution in [0.2, 0.25) is 0 Å². The molecule has 2 rings (SSSR count). The Hall–Kier alpha value is -1.23. The zero-order valence-corrected chi connectivity index (χ0v) is 10.9. The third kappa shape index (κ3) is 2.46. The van der Waals surface area contributed by atoms with E-state index in [1.165, 1.54) is 6.33 Å². The monoisotopic (exact) mass is 253 g/mol. The van der Waals surface area contributed by atoms with E-state index in [1.807, 2.05) is 11.8 Å². The predicted octanol–water partition coefficient (Wildman–Crippen LogP) is 1.78. The van der Waals surface area contributed by atoms with Crippen molar-refractivity contribution in [2.24, 2.45) is 5.92 Å². The smallest absolute Gasteiger partial charge is 0.187 e. The lowest BCUT2D eigenvalue weighted by molar-refractivity contribution is 0.199. The van der Waals surface area contributed by atoms with Gasteiger partial charge in [-0.2, -0.15) is 0 Å². The molecule has 18 heavy (non-hydrogen) atoms. The summed E-state index contributed by atoms with van der Waals surface area (Å²) < 4.78 is 14.2. The molecule has 1 aliphatic heterocycles. The highest BCUT2D eigenvalue weighted by molar-refractivity contribution is 5.42. The van der Waals surface area contributed by atoms with Crippen molar-refractivity contribution < 1.29 is 9.50 Å². The van der Waals surface area contributed by atoms with E-state index in [2.05, 4.69) is 16.9 Å². The minimum atomic E-state index is -0.314. The zero-order chi connectivity index (χ0) is 13.1. The highest BCUT2D eigenvalue weighted by Gasteiger charge is 2.28. The van der Waals surface area contributed by atoms with Gasteiger partial charge in [0.05, 0.1) is 5.69 Å². The first kappa shape index (κ1) is 13.2. The molecule has 0 radical (unpaired) electrons. The molecule has 1 aliphatic rings. The average Bonchev–Trinajstić information content (AvgIpc) is 2.40. The Morgan fingerprint density at radius 3 is 2.89 bits per heavy atom. The molecule has 5 heteroatoms. The van der Waals surface area contributed by atoms with Crippen LogP contribution in [0, 0.1) is 11.7 Å². The number of halogens is 1. The molecule has 1 aromatic rings. The van der Waals surface area contributed by atoms with E-state index in [0.717, 1.165) is 12.8 Å². The van der Waals surface area contributed by atoms with Crippen molar-refractivity contribution in [3.63, 3.8) is 0 Å². The molecular weight excluding hydrogens is 233 g/mol. The maximum Gasteiger partial charge on any atom is 0.187 e. The summed E-state index contributed by atoms with van der Waals surface area (Å²) in [5.41, 5.74) is 0.457. The number of nitrogens with zero attached hydrogens (tertiary/aromatic N) is 3. The molecule has 2 atom stereocenters. The van der Waals surface area contributed by atoms with Crippen molar-refractivity contribution in [2.75, 3.05) is 18.1 Å². The molecule has 100 valence electrons. The van der Waals surface area contributed by atoms with Gasteiger partial charge in [0.25, 0.3) is 0 Å². The van der Waals surface area contributed by atoms with Crippen molar-refractivity contribution in [2.45, 2.75) is 39.2 Å². The fraction of sp³-hybridized carbons (Fsp3) is 0.692. The lowest BCUT2D eigenvalue weighted by atomic mass is 9.94. The predicted molar refractivity (Wildman–Crippen MR) is 68.0 cm³/mol. The normalized spacial score (nSPS) is 24.3. The van der Waals surface area contributed by atoms with Crippen molar-refractivity contribution in [3.05, 3.63) is 17.8 Å². The van der Waals surface area contributed by atoms with E-state index in [4.69, 9.17) is 0 Å². The topological polar surface area (TPSA) is 49.2 Å². The van der Waals surface area contributed by atoms with Gasteiger partial charge in [-0.25, -0.2) is 14.4 Å². The minimum absolute atomic E-state index is 0.149. The van der Waals surface area contributed by atoms with Gasteiger partial charge in [-0.1, -0.05) is 6.92 Å². The third-order valence-corrected chi connectivity index (χ3v) is 3.69. The fourth-order valence-electron chi connectivity index (χ4n) is 2.47. The molecule has 0 spiro atoms. The van der Waals surface area contributed by atoms with Crippen LogP contribution in [0.15, 0.2) is 6.33 Å². The van der Waals surface area contributed by atoms with Gasteiger partial charge >= 0.3 is 0 Å². The van der Waals surface area contributed by atoms with E-state index >= 15 is 0 Å². The van der Waals surface area contributed by atoms with Crippen LogP contribution in [0.1, 0.15) is 32.4 Å². The largest absolute Gasteiger partial charge is 0.396 e. The number of hydrogen-bond donors (Lipinski definition) is 1. The number of piperidine rings is 1. The molecule has 1 aromatic heterocycles. The first-order valence-electron chi connectivity index (χ1n) is 6.54. The standard InChI is InChI=1S/C13H20FN3O/c1-3-11-12(14)13(16-8-15-11)17-6-10(7-18)5-4-9(17)2/h8-10,18H,3-7H2,1-2H3. The maximum atomic E-state index is 14.2. The fourth-order valence-corrected chi connectivity index (χ4v) is 2.47. The SMILES string of the molecule is CCc1ncnc(N2CC(CO)CCC2C)c1F. The molecule has 4 nitrogen and oxygen atoms in total. The molecule has 1 fully saturated rings. The van der Waals surface area contributed by atoms with Gasteiger partial charge in [0.1, 0.15) is 6.33 Å². The second kappa shape index (κ2) is 5.61. The first-order chi connectivity index (χ1) is 8.67. The lowest BCUT2D eigenvalue weighted by Crippen LogP contribution is -2.44. The summed E-state index contributed by atoms with van der Waals surface area (Å²) in [6.45, 7) is 4.76. The maximum absolute atomic E-state index is 14.2. The van der Waals surface area contributed by atoms with Gasteiger partial charge in [0.15, 0.2) is 11.6 Å². The first-order valence-corrected chi connectivity index (χ1v) is 6.54. The molecule has 2 heterocycles.